The van der Waals surface area contributed by atoms with Gasteiger partial charge in [-0.25, -0.2) is 0 Å². The van der Waals surface area contributed by atoms with Crippen LogP contribution in [0.15, 0.2) is 4.99 Å². The van der Waals surface area contributed by atoms with E-state index in [9.17, 15) is 0 Å². The van der Waals surface area contributed by atoms with Gasteiger partial charge in [-0.2, -0.15) is 0 Å². The summed E-state index contributed by atoms with van der Waals surface area (Å²) in [6, 6.07) is 0.471. The Labute approximate surface area is 118 Å². The Hall–Kier alpha value is -0.810. The topological polar surface area (TPSA) is 56.9 Å². The fourth-order valence-electron chi connectivity index (χ4n) is 2.15. The molecule has 1 heterocycles. The molecule has 112 valence electrons. The van der Waals surface area contributed by atoms with Crippen molar-refractivity contribution >= 4 is 5.96 Å². The number of likely N-dealkylation sites (N-methyl/N-ethyl adjacent to an activating group) is 1. The van der Waals surface area contributed by atoms with Gasteiger partial charge < -0.3 is 16.0 Å². The third-order valence-electron chi connectivity index (χ3n) is 3.71. The van der Waals surface area contributed by atoms with Crippen LogP contribution in [-0.2, 0) is 0 Å². The number of hydrogen-bond acceptors (Lipinski definition) is 3. The summed E-state index contributed by atoms with van der Waals surface area (Å²) in [5.74, 6) is 1.28. The second-order valence-corrected chi connectivity index (χ2v) is 6.02. The van der Waals surface area contributed by atoms with Gasteiger partial charge in [0.2, 0.25) is 0 Å². The highest BCUT2D eigenvalue weighted by Gasteiger charge is 2.18. The molecule has 0 aromatic heterocycles. The molecule has 0 amide bonds. The molecule has 1 rings (SSSR count). The van der Waals surface area contributed by atoms with Gasteiger partial charge in [-0.1, -0.05) is 13.8 Å². The average Bonchev–Trinajstić information content (AvgIpc) is 2.36. The predicted octanol–water partition coefficient (Wildman–Crippen LogP) is 0.573. The molecule has 5 heteroatoms. The first-order chi connectivity index (χ1) is 8.99. The summed E-state index contributed by atoms with van der Waals surface area (Å²) in [5.41, 5.74) is 5.87. The number of nitrogens with zero attached hydrogens (tertiary/aromatic N) is 3. The van der Waals surface area contributed by atoms with Gasteiger partial charge in [0, 0.05) is 38.8 Å². The Morgan fingerprint density at radius 3 is 2.42 bits per heavy atom. The summed E-state index contributed by atoms with van der Waals surface area (Å²) >= 11 is 0. The van der Waals surface area contributed by atoms with Crippen LogP contribution in [0.4, 0.5) is 0 Å². The van der Waals surface area contributed by atoms with E-state index in [1.54, 1.807) is 0 Å². The van der Waals surface area contributed by atoms with Crippen molar-refractivity contribution in [1.29, 1.82) is 0 Å². The predicted molar refractivity (Wildman–Crippen MR) is 82.5 cm³/mol. The summed E-state index contributed by atoms with van der Waals surface area (Å²) in [7, 11) is 2.18. The third-order valence-corrected chi connectivity index (χ3v) is 3.71. The summed E-state index contributed by atoms with van der Waals surface area (Å²) < 4.78 is 0. The normalized spacial score (nSPS) is 20.8. The fourth-order valence-corrected chi connectivity index (χ4v) is 2.15. The highest BCUT2D eigenvalue weighted by Crippen LogP contribution is 2.05. The van der Waals surface area contributed by atoms with E-state index in [4.69, 9.17) is 5.73 Å². The molecule has 1 aliphatic heterocycles. The molecule has 0 spiro atoms. The van der Waals surface area contributed by atoms with Gasteiger partial charge in [-0.05, 0) is 26.3 Å². The molecule has 1 fully saturated rings. The van der Waals surface area contributed by atoms with Crippen molar-refractivity contribution < 1.29 is 0 Å². The quantitative estimate of drug-likeness (QED) is 0.547. The molecule has 19 heavy (non-hydrogen) atoms. The van der Waals surface area contributed by atoms with Gasteiger partial charge in [0.05, 0.1) is 6.54 Å². The molecule has 0 saturated carbocycles. The first-order valence-electron chi connectivity index (χ1n) is 7.45. The van der Waals surface area contributed by atoms with Crippen LogP contribution in [0.2, 0.25) is 0 Å². The van der Waals surface area contributed by atoms with E-state index >= 15 is 0 Å². The van der Waals surface area contributed by atoms with Gasteiger partial charge in [0.15, 0.2) is 5.96 Å². The summed E-state index contributed by atoms with van der Waals surface area (Å²) in [6.45, 7) is 12.9. The SMILES string of the molecule is CC(C)CCNC(N)=NCC(C)N1CCN(C)CC1. The number of aliphatic imine (C=N–C) groups is 1. The van der Waals surface area contributed by atoms with Crippen LogP contribution in [0.3, 0.4) is 0 Å². The van der Waals surface area contributed by atoms with Crippen LogP contribution < -0.4 is 11.1 Å². The maximum absolute atomic E-state index is 5.87. The van der Waals surface area contributed by atoms with Crippen molar-refractivity contribution in [2.24, 2.45) is 16.6 Å². The first-order valence-corrected chi connectivity index (χ1v) is 7.45. The summed E-state index contributed by atoms with van der Waals surface area (Å²) in [6.07, 6.45) is 1.13. The maximum atomic E-state index is 5.87. The Kier molecular flexibility index (Phi) is 7.16. The number of rotatable bonds is 6. The van der Waals surface area contributed by atoms with Crippen molar-refractivity contribution in [3.05, 3.63) is 0 Å². The Balaban J connectivity index is 2.22. The monoisotopic (exact) mass is 269 g/mol. The van der Waals surface area contributed by atoms with E-state index in [1.807, 2.05) is 0 Å². The molecule has 3 N–H and O–H groups in total. The zero-order valence-electron chi connectivity index (χ0n) is 13.0. The molecule has 1 aliphatic rings. The highest BCUT2D eigenvalue weighted by molar-refractivity contribution is 5.77. The number of hydrogen-bond donors (Lipinski definition) is 2. The first kappa shape index (κ1) is 16.2. The lowest BCUT2D eigenvalue weighted by molar-refractivity contribution is 0.122. The van der Waals surface area contributed by atoms with Gasteiger partial charge in [0.1, 0.15) is 0 Å². The van der Waals surface area contributed by atoms with E-state index in [0.717, 1.165) is 45.7 Å². The molecular weight excluding hydrogens is 238 g/mol. The van der Waals surface area contributed by atoms with Crippen LogP contribution in [0, 0.1) is 5.92 Å². The molecule has 0 aromatic rings. The van der Waals surface area contributed by atoms with Crippen molar-refractivity contribution in [2.75, 3.05) is 46.3 Å². The number of guanidine groups is 1. The number of piperazine rings is 1. The minimum Gasteiger partial charge on any atom is -0.370 e. The smallest absolute Gasteiger partial charge is 0.188 e. The van der Waals surface area contributed by atoms with Crippen LogP contribution in [0.1, 0.15) is 27.2 Å². The highest BCUT2D eigenvalue weighted by atomic mass is 15.3. The van der Waals surface area contributed by atoms with E-state index in [0.29, 0.717) is 17.9 Å². The Bertz CT molecular complexity index is 269. The average molecular weight is 269 g/mol. The van der Waals surface area contributed by atoms with Crippen molar-refractivity contribution in [3.8, 4) is 0 Å². The fraction of sp³-hybridized carbons (Fsp3) is 0.929. The third kappa shape index (κ3) is 6.78. The van der Waals surface area contributed by atoms with Gasteiger partial charge >= 0.3 is 0 Å². The second kappa shape index (κ2) is 8.38. The Morgan fingerprint density at radius 2 is 1.84 bits per heavy atom. The van der Waals surface area contributed by atoms with Crippen LogP contribution >= 0.6 is 0 Å². The van der Waals surface area contributed by atoms with Crippen molar-refractivity contribution in [3.63, 3.8) is 0 Å². The molecule has 1 atom stereocenters. The molecule has 1 saturated heterocycles. The van der Waals surface area contributed by atoms with E-state index in [1.165, 1.54) is 0 Å². The molecule has 0 radical (unpaired) electrons. The zero-order valence-corrected chi connectivity index (χ0v) is 13.0. The van der Waals surface area contributed by atoms with Crippen LogP contribution in [0.5, 0.6) is 0 Å². The minimum atomic E-state index is 0.471. The molecule has 0 aliphatic carbocycles. The lowest BCUT2D eigenvalue weighted by Crippen LogP contribution is -2.49. The molecule has 1 unspecified atom stereocenters. The lowest BCUT2D eigenvalue weighted by atomic mass is 10.1. The molecule has 5 nitrogen and oxygen atoms in total. The summed E-state index contributed by atoms with van der Waals surface area (Å²) in [4.78, 5) is 9.30. The number of nitrogens with two attached hydrogens (primary N) is 1. The van der Waals surface area contributed by atoms with Gasteiger partial charge in [-0.3, -0.25) is 9.89 Å². The van der Waals surface area contributed by atoms with Gasteiger partial charge in [0.25, 0.3) is 0 Å². The maximum Gasteiger partial charge on any atom is 0.188 e. The second-order valence-electron chi connectivity index (χ2n) is 6.02. The summed E-state index contributed by atoms with van der Waals surface area (Å²) in [5, 5.41) is 3.18. The zero-order chi connectivity index (χ0) is 14.3. The van der Waals surface area contributed by atoms with E-state index in [-0.39, 0.29) is 0 Å². The Morgan fingerprint density at radius 1 is 1.21 bits per heavy atom. The molecule has 0 bridgehead atoms. The lowest BCUT2D eigenvalue weighted by Gasteiger charge is -2.35. The van der Waals surface area contributed by atoms with Gasteiger partial charge in [-0.15, -0.1) is 0 Å². The van der Waals surface area contributed by atoms with Crippen LogP contribution in [0.25, 0.3) is 0 Å². The molecular formula is C14H31N5. The van der Waals surface area contributed by atoms with Crippen LogP contribution in [-0.4, -0.2) is 68.1 Å². The largest absolute Gasteiger partial charge is 0.370 e. The van der Waals surface area contributed by atoms with E-state index < -0.39 is 0 Å². The minimum absolute atomic E-state index is 0.471. The standard InChI is InChI=1S/C14H31N5/c1-12(2)5-6-16-14(15)17-11-13(3)19-9-7-18(4)8-10-19/h12-13H,5-11H2,1-4H3,(H3,15,16,17). The molecule has 0 aromatic carbocycles. The van der Waals surface area contributed by atoms with Crippen molar-refractivity contribution in [1.82, 2.24) is 15.1 Å². The number of nitrogens with one attached hydrogen (secondary N) is 1. The van der Waals surface area contributed by atoms with E-state index in [2.05, 4.69) is 47.9 Å². The van der Waals surface area contributed by atoms with Crippen molar-refractivity contribution in [2.45, 2.75) is 33.2 Å².